The molecule has 0 aromatic heterocycles. The molecule has 39 heavy (non-hydrogen) atoms. The van der Waals surface area contributed by atoms with E-state index in [-0.39, 0.29) is 25.4 Å². The third-order valence-electron chi connectivity index (χ3n) is 4.72. The SMILES string of the molecule is CC(=O)CCOCCOCCOCCOCCN.O=CCCOCCOCCNCC(O)C(O)C(O)CCO. The standard InChI is InChI=1S/C13H27NO7.C12H25NO5/c15-4-1-6-20-8-9-21-7-3-14-10-12(18)13(19)11(17)2-5-16;1-12(14)2-4-15-6-8-17-10-11-18-9-7-16-5-3-13/h4,11-14,16-19H,1-3,5-10H2;2-11,13H2,1H3. The fourth-order valence-electron chi connectivity index (χ4n) is 2.59. The first kappa shape index (κ1) is 40.0. The van der Waals surface area contributed by atoms with Crippen molar-refractivity contribution in [3.05, 3.63) is 0 Å². The van der Waals surface area contributed by atoms with Gasteiger partial charge in [0.05, 0.1) is 91.5 Å². The van der Waals surface area contributed by atoms with Crippen LogP contribution in [0.3, 0.4) is 0 Å². The number of carbonyl (C=O) groups excluding carboxylic acids is 2. The van der Waals surface area contributed by atoms with Gasteiger partial charge in [-0.05, 0) is 13.3 Å². The lowest BCUT2D eigenvalue weighted by atomic mass is 10.1. The molecule has 0 aliphatic rings. The number of hydrogen-bond acceptors (Lipinski definition) is 14. The summed E-state index contributed by atoms with van der Waals surface area (Å²) in [6.07, 6.45) is -1.90. The monoisotopic (exact) mass is 572 g/mol. The molecule has 0 rings (SSSR count). The zero-order valence-electron chi connectivity index (χ0n) is 23.4. The van der Waals surface area contributed by atoms with Crippen LogP contribution in [0.15, 0.2) is 0 Å². The van der Waals surface area contributed by atoms with E-state index >= 15 is 0 Å². The Kier molecular flexibility index (Phi) is 33.9. The summed E-state index contributed by atoms with van der Waals surface area (Å²) in [5.41, 5.74) is 5.26. The molecule has 0 amide bonds. The maximum Gasteiger partial charge on any atom is 0.132 e. The molecule has 0 saturated heterocycles. The Morgan fingerprint density at radius 3 is 1.74 bits per heavy atom. The highest BCUT2D eigenvalue weighted by atomic mass is 16.6. The number of nitrogens with two attached hydrogens (primary N) is 1. The minimum absolute atomic E-state index is 0.0193. The Morgan fingerprint density at radius 1 is 0.769 bits per heavy atom. The number of Topliss-reactive ketones (excluding diaryl/α,β-unsaturated/α-hetero) is 1. The topological polar surface area (TPSA) is 208 Å². The number of nitrogens with one attached hydrogen (secondary N) is 1. The summed E-state index contributed by atoms with van der Waals surface area (Å²) in [6, 6.07) is 0. The van der Waals surface area contributed by atoms with E-state index in [4.69, 9.17) is 39.3 Å². The van der Waals surface area contributed by atoms with E-state index in [0.29, 0.717) is 105 Å². The number of aldehydes is 1. The highest BCUT2D eigenvalue weighted by Crippen LogP contribution is 2.03. The van der Waals surface area contributed by atoms with Gasteiger partial charge in [-0.3, -0.25) is 4.79 Å². The summed E-state index contributed by atoms with van der Waals surface area (Å²) in [4.78, 5) is 20.6. The molecule has 0 aromatic carbocycles. The van der Waals surface area contributed by atoms with Gasteiger partial charge >= 0.3 is 0 Å². The molecule has 0 bridgehead atoms. The maximum atomic E-state index is 10.6. The summed E-state index contributed by atoms with van der Waals surface area (Å²) >= 11 is 0. The first-order valence-electron chi connectivity index (χ1n) is 13.4. The summed E-state index contributed by atoms with van der Waals surface area (Å²) in [5, 5.41) is 40.0. The molecule has 234 valence electrons. The van der Waals surface area contributed by atoms with Gasteiger partial charge in [0.25, 0.3) is 0 Å². The van der Waals surface area contributed by atoms with Crippen molar-refractivity contribution in [1.29, 1.82) is 0 Å². The molecule has 0 aliphatic heterocycles. The highest BCUT2D eigenvalue weighted by molar-refractivity contribution is 5.75. The normalized spacial score (nSPS) is 13.4. The lowest BCUT2D eigenvalue weighted by Gasteiger charge is -2.22. The number of aliphatic hydroxyl groups excluding tert-OH is 4. The smallest absolute Gasteiger partial charge is 0.132 e. The Bertz CT molecular complexity index is 519. The highest BCUT2D eigenvalue weighted by Gasteiger charge is 2.23. The molecule has 0 saturated carbocycles. The van der Waals surface area contributed by atoms with Crippen LogP contribution in [0.4, 0.5) is 0 Å². The van der Waals surface area contributed by atoms with E-state index in [2.05, 4.69) is 5.32 Å². The second-order valence-electron chi connectivity index (χ2n) is 8.21. The molecule has 0 spiro atoms. The molecule has 3 unspecified atom stereocenters. The van der Waals surface area contributed by atoms with E-state index in [9.17, 15) is 24.9 Å². The van der Waals surface area contributed by atoms with E-state index in [1.165, 1.54) is 0 Å². The molecule has 7 N–H and O–H groups in total. The van der Waals surface area contributed by atoms with Crippen molar-refractivity contribution in [3.63, 3.8) is 0 Å². The predicted molar refractivity (Wildman–Crippen MR) is 143 cm³/mol. The maximum absolute atomic E-state index is 10.6. The van der Waals surface area contributed by atoms with E-state index in [1.807, 2.05) is 0 Å². The number of carbonyl (C=O) groups is 2. The van der Waals surface area contributed by atoms with Crippen LogP contribution in [-0.4, -0.2) is 156 Å². The summed E-state index contributed by atoms with van der Waals surface area (Å²) in [5.74, 6) is 0.140. The molecule has 14 nitrogen and oxygen atoms in total. The van der Waals surface area contributed by atoms with Crippen LogP contribution < -0.4 is 11.1 Å². The van der Waals surface area contributed by atoms with Gasteiger partial charge in [0.15, 0.2) is 0 Å². The number of hydrogen-bond donors (Lipinski definition) is 6. The second-order valence-corrected chi connectivity index (χ2v) is 8.21. The van der Waals surface area contributed by atoms with Gasteiger partial charge in [-0.25, -0.2) is 0 Å². The summed E-state index contributed by atoms with van der Waals surface area (Å²) in [7, 11) is 0. The van der Waals surface area contributed by atoms with Gasteiger partial charge < -0.3 is 64.7 Å². The average molecular weight is 573 g/mol. The van der Waals surface area contributed by atoms with Crippen LogP contribution in [0.1, 0.15) is 26.2 Å². The van der Waals surface area contributed by atoms with Gasteiger partial charge in [-0.2, -0.15) is 0 Å². The molecule has 14 heteroatoms. The minimum Gasteiger partial charge on any atom is -0.396 e. The zero-order valence-corrected chi connectivity index (χ0v) is 23.4. The van der Waals surface area contributed by atoms with E-state index in [0.717, 1.165) is 6.29 Å². The molecular weight excluding hydrogens is 520 g/mol. The molecule has 0 radical (unpaired) electrons. The Balaban J connectivity index is 0. The van der Waals surface area contributed by atoms with Crippen LogP contribution in [0.25, 0.3) is 0 Å². The Hall–Kier alpha value is -1.14. The zero-order chi connectivity index (χ0) is 29.4. The van der Waals surface area contributed by atoms with Gasteiger partial charge in [-0.1, -0.05) is 0 Å². The molecule has 0 aromatic rings. The lowest BCUT2D eigenvalue weighted by Crippen LogP contribution is -2.44. The molecule has 0 heterocycles. The van der Waals surface area contributed by atoms with Crippen molar-refractivity contribution in [2.75, 3.05) is 106 Å². The van der Waals surface area contributed by atoms with E-state index < -0.39 is 18.3 Å². The van der Waals surface area contributed by atoms with Crippen LogP contribution in [-0.2, 0) is 38.0 Å². The first-order valence-corrected chi connectivity index (χ1v) is 13.4. The van der Waals surface area contributed by atoms with Crippen LogP contribution in [0.5, 0.6) is 0 Å². The van der Waals surface area contributed by atoms with E-state index in [1.54, 1.807) is 6.92 Å². The predicted octanol–water partition coefficient (Wildman–Crippen LogP) is -2.35. The third kappa shape index (κ3) is 33.0. The van der Waals surface area contributed by atoms with Crippen LogP contribution in [0.2, 0.25) is 0 Å². The van der Waals surface area contributed by atoms with Crippen LogP contribution >= 0.6 is 0 Å². The Labute approximate surface area is 232 Å². The van der Waals surface area contributed by atoms with Gasteiger partial charge in [-0.15, -0.1) is 0 Å². The summed E-state index contributed by atoms with van der Waals surface area (Å²) < 4.78 is 31.2. The molecule has 3 atom stereocenters. The van der Waals surface area contributed by atoms with Crippen molar-refractivity contribution < 1.29 is 58.4 Å². The van der Waals surface area contributed by atoms with Crippen molar-refractivity contribution in [2.24, 2.45) is 5.73 Å². The van der Waals surface area contributed by atoms with Gasteiger partial charge in [0, 0.05) is 39.1 Å². The second kappa shape index (κ2) is 33.1. The van der Waals surface area contributed by atoms with Crippen molar-refractivity contribution in [1.82, 2.24) is 5.32 Å². The molecule has 0 fully saturated rings. The molecular formula is C25H52N2O12. The van der Waals surface area contributed by atoms with Crippen molar-refractivity contribution in [2.45, 2.75) is 44.5 Å². The third-order valence-corrected chi connectivity index (χ3v) is 4.72. The van der Waals surface area contributed by atoms with Crippen LogP contribution in [0, 0.1) is 0 Å². The quantitative estimate of drug-likeness (QED) is 0.0410. The fraction of sp³-hybridized carbons (Fsp3) is 0.920. The number of ether oxygens (including phenoxy) is 6. The first-order chi connectivity index (χ1) is 18.9. The largest absolute Gasteiger partial charge is 0.396 e. The lowest BCUT2D eigenvalue weighted by molar-refractivity contribution is -0.118. The summed E-state index contributed by atoms with van der Waals surface area (Å²) in [6.45, 7) is 8.33. The number of ketones is 1. The molecule has 0 aliphatic carbocycles. The number of rotatable bonds is 29. The average Bonchev–Trinajstić information content (AvgIpc) is 2.92. The number of aliphatic hydroxyl groups is 4. The minimum atomic E-state index is -1.29. The van der Waals surface area contributed by atoms with Gasteiger partial charge in [0.2, 0.25) is 0 Å². The Morgan fingerprint density at radius 2 is 1.26 bits per heavy atom. The van der Waals surface area contributed by atoms with Gasteiger partial charge in [0.1, 0.15) is 18.2 Å². The van der Waals surface area contributed by atoms with Crippen molar-refractivity contribution in [3.8, 4) is 0 Å². The fourth-order valence-corrected chi connectivity index (χ4v) is 2.59. The van der Waals surface area contributed by atoms with Crippen molar-refractivity contribution >= 4 is 12.1 Å².